The van der Waals surface area contributed by atoms with Gasteiger partial charge < -0.3 is 19.6 Å². The van der Waals surface area contributed by atoms with Gasteiger partial charge in [0.2, 0.25) is 5.91 Å². The summed E-state index contributed by atoms with van der Waals surface area (Å²) in [4.78, 5) is 33.2. The molecule has 0 bridgehead atoms. The Hall–Kier alpha value is -2.89. The number of carboxylic acid groups (broad SMARTS) is 1. The quantitative estimate of drug-likeness (QED) is 0.659. The summed E-state index contributed by atoms with van der Waals surface area (Å²) < 4.78 is 5.09. The summed E-state index contributed by atoms with van der Waals surface area (Å²) >= 11 is 0. The van der Waals surface area contributed by atoms with Crippen LogP contribution in [0.5, 0.6) is 0 Å². The summed E-state index contributed by atoms with van der Waals surface area (Å²) in [5.41, 5.74) is 1.91. The number of anilines is 1. The molecule has 0 unspecified atom stereocenters. The zero-order chi connectivity index (χ0) is 15.6. The highest BCUT2D eigenvalue weighted by molar-refractivity contribution is 6.03. The lowest BCUT2D eigenvalue weighted by atomic mass is 10.1. The van der Waals surface area contributed by atoms with E-state index in [1.807, 2.05) is 0 Å². The Morgan fingerprint density at radius 3 is 2.52 bits per heavy atom. The van der Waals surface area contributed by atoms with Gasteiger partial charge in [0.15, 0.2) is 0 Å². The number of aliphatic carboxylic acids is 1. The number of hydrogen-bond donors (Lipinski definition) is 1. The third kappa shape index (κ3) is 3.36. The maximum Gasteiger partial charge on any atom is 0.336 e. The number of fused-ring (bicyclic) bond motifs is 1. The van der Waals surface area contributed by atoms with E-state index in [0.29, 0.717) is 28.3 Å². The molecule has 0 atom stereocenters. The topological polar surface area (TPSA) is 99.4 Å². The summed E-state index contributed by atoms with van der Waals surface area (Å²) in [5.74, 6) is -2.03. The molecule has 6 nitrogen and oxygen atoms in total. The zero-order valence-corrected chi connectivity index (χ0v) is 11.4. The Morgan fingerprint density at radius 1 is 1.14 bits per heavy atom. The monoisotopic (exact) mass is 286 g/mol. The van der Waals surface area contributed by atoms with Gasteiger partial charge in [0, 0.05) is 23.2 Å². The van der Waals surface area contributed by atoms with Crippen molar-refractivity contribution in [2.24, 2.45) is 0 Å². The van der Waals surface area contributed by atoms with Gasteiger partial charge >= 0.3 is 5.63 Å². The molecular formula is C15H12NO5-. The number of nitrogens with one attached hydrogen (secondary N) is 1. The number of carbonyl (C=O) groups is 2. The van der Waals surface area contributed by atoms with Crippen LogP contribution in [-0.4, -0.2) is 11.9 Å². The molecule has 0 saturated carbocycles. The summed E-state index contributed by atoms with van der Waals surface area (Å²) in [5, 5.41) is 13.5. The van der Waals surface area contributed by atoms with Gasteiger partial charge in [-0.05, 0) is 43.2 Å². The van der Waals surface area contributed by atoms with E-state index >= 15 is 0 Å². The molecule has 6 heteroatoms. The first-order valence-electron chi connectivity index (χ1n) is 6.12. The van der Waals surface area contributed by atoms with Crippen LogP contribution in [-0.2, 0) is 9.59 Å². The Morgan fingerprint density at radius 2 is 1.86 bits per heavy atom. The van der Waals surface area contributed by atoms with Crippen molar-refractivity contribution in [3.8, 4) is 0 Å². The molecule has 0 aliphatic heterocycles. The van der Waals surface area contributed by atoms with E-state index in [0.717, 1.165) is 11.6 Å². The first-order chi connectivity index (χ1) is 9.86. The third-order valence-electron chi connectivity index (χ3n) is 2.92. The highest BCUT2D eigenvalue weighted by Gasteiger charge is 2.08. The number of amides is 1. The van der Waals surface area contributed by atoms with Crippen LogP contribution in [0, 0.1) is 13.8 Å². The fourth-order valence-electron chi connectivity index (χ4n) is 1.92. The predicted octanol–water partition coefficient (Wildman–Crippen LogP) is 0.654. The van der Waals surface area contributed by atoms with Crippen molar-refractivity contribution >= 4 is 28.5 Å². The Balaban J connectivity index is 2.41. The van der Waals surface area contributed by atoms with Crippen LogP contribution in [0.25, 0.3) is 11.0 Å². The molecule has 0 radical (unpaired) electrons. The number of rotatable bonds is 3. The van der Waals surface area contributed by atoms with Gasteiger partial charge in [-0.1, -0.05) is 0 Å². The van der Waals surface area contributed by atoms with Crippen LogP contribution in [0.3, 0.4) is 0 Å². The van der Waals surface area contributed by atoms with Crippen molar-refractivity contribution in [2.45, 2.75) is 13.8 Å². The average molecular weight is 286 g/mol. The molecule has 2 rings (SSSR count). The standard InChI is InChI=1S/C15H13NO5/c1-8-6-15(20)21-12-5-9(2)11(7-10(8)12)16-13(17)3-4-14(18)19/h3-7H,1-2H3,(H,16,17)(H,18,19)/p-1/b4-3+. The van der Waals surface area contributed by atoms with Crippen LogP contribution in [0.2, 0.25) is 0 Å². The van der Waals surface area contributed by atoms with Crippen molar-refractivity contribution in [1.82, 2.24) is 0 Å². The Bertz CT molecular complexity index is 817. The molecule has 0 spiro atoms. The van der Waals surface area contributed by atoms with E-state index in [1.54, 1.807) is 26.0 Å². The van der Waals surface area contributed by atoms with Gasteiger partial charge in [-0.3, -0.25) is 4.79 Å². The number of carbonyl (C=O) groups excluding carboxylic acids is 2. The Labute approximate surface area is 119 Å². The normalized spacial score (nSPS) is 11.0. The first-order valence-corrected chi connectivity index (χ1v) is 6.12. The predicted molar refractivity (Wildman–Crippen MR) is 74.7 cm³/mol. The lowest BCUT2D eigenvalue weighted by Gasteiger charge is -2.09. The van der Waals surface area contributed by atoms with Crippen molar-refractivity contribution in [2.75, 3.05) is 5.32 Å². The molecule has 108 valence electrons. The number of hydrogen-bond acceptors (Lipinski definition) is 5. The highest BCUT2D eigenvalue weighted by Crippen LogP contribution is 2.24. The highest BCUT2D eigenvalue weighted by atomic mass is 16.4. The van der Waals surface area contributed by atoms with Gasteiger partial charge in [-0.25, -0.2) is 4.79 Å². The summed E-state index contributed by atoms with van der Waals surface area (Å²) in [6, 6.07) is 4.68. The van der Waals surface area contributed by atoms with E-state index < -0.39 is 17.5 Å². The molecule has 2 aromatic rings. The molecular weight excluding hydrogens is 274 g/mol. The van der Waals surface area contributed by atoms with Crippen LogP contribution in [0.1, 0.15) is 11.1 Å². The SMILES string of the molecule is Cc1cc2oc(=O)cc(C)c2cc1NC(=O)/C=C/C(=O)[O-]. The fourth-order valence-corrected chi connectivity index (χ4v) is 1.92. The molecule has 1 aromatic carbocycles. The average Bonchev–Trinajstić information content (AvgIpc) is 2.38. The molecule has 0 aliphatic rings. The van der Waals surface area contributed by atoms with Crippen molar-refractivity contribution in [3.05, 3.63) is 51.9 Å². The van der Waals surface area contributed by atoms with E-state index in [1.165, 1.54) is 6.07 Å². The van der Waals surface area contributed by atoms with Crippen LogP contribution < -0.4 is 16.0 Å². The van der Waals surface area contributed by atoms with Crippen molar-refractivity contribution in [3.63, 3.8) is 0 Å². The second-order valence-electron chi connectivity index (χ2n) is 4.55. The number of benzene rings is 1. The summed E-state index contributed by atoms with van der Waals surface area (Å²) in [6.07, 6.45) is 1.52. The lowest BCUT2D eigenvalue weighted by molar-refractivity contribution is -0.297. The van der Waals surface area contributed by atoms with Gasteiger partial charge in [0.05, 0.1) is 5.97 Å². The first kappa shape index (κ1) is 14.5. The lowest BCUT2D eigenvalue weighted by Crippen LogP contribution is -2.20. The summed E-state index contributed by atoms with van der Waals surface area (Å²) in [6.45, 7) is 3.50. The van der Waals surface area contributed by atoms with Crippen molar-refractivity contribution < 1.29 is 19.1 Å². The van der Waals surface area contributed by atoms with Crippen LogP contribution in [0.4, 0.5) is 5.69 Å². The minimum atomic E-state index is -1.45. The molecule has 1 amide bonds. The molecule has 21 heavy (non-hydrogen) atoms. The molecule has 0 saturated heterocycles. The van der Waals surface area contributed by atoms with E-state index in [9.17, 15) is 19.5 Å². The molecule has 1 heterocycles. The number of carboxylic acids is 1. The molecule has 0 fully saturated rings. The van der Waals surface area contributed by atoms with Crippen LogP contribution in [0.15, 0.2) is 39.6 Å². The maximum absolute atomic E-state index is 11.6. The van der Waals surface area contributed by atoms with Crippen molar-refractivity contribution in [1.29, 1.82) is 0 Å². The largest absolute Gasteiger partial charge is 0.545 e. The van der Waals surface area contributed by atoms with Gasteiger partial charge in [0.1, 0.15) is 5.58 Å². The van der Waals surface area contributed by atoms with Gasteiger partial charge in [0.25, 0.3) is 0 Å². The summed E-state index contributed by atoms with van der Waals surface area (Å²) in [7, 11) is 0. The third-order valence-corrected chi connectivity index (χ3v) is 2.92. The fraction of sp³-hybridized carbons (Fsp3) is 0.133. The van der Waals surface area contributed by atoms with Gasteiger partial charge in [-0.15, -0.1) is 0 Å². The minimum absolute atomic E-state index is 0.431. The number of aryl methyl sites for hydroxylation is 2. The molecule has 0 aliphatic carbocycles. The minimum Gasteiger partial charge on any atom is -0.545 e. The van der Waals surface area contributed by atoms with E-state index in [-0.39, 0.29) is 0 Å². The molecule has 1 N–H and O–H groups in total. The Kier molecular flexibility index (Phi) is 3.89. The second-order valence-corrected chi connectivity index (χ2v) is 4.55. The van der Waals surface area contributed by atoms with Crippen LogP contribution >= 0.6 is 0 Å². The smallest absolute Gasteiger partial charge is 0.336 e. The zero-order valence-electron chi connectivity index (χ0n) is 11.4. The second kappa shape index (κ2) is 5.62. The van der Waals surface area contributed by atoms with E-state index in [4.69, 9.17) is 4.42 Å². The van der Waals surface area contributed by atoms with Gasteiger partial charge in [-0.2, -0.15) is 0 Å². The van der Waals surface area contributed by atoms with E-state index in [2.05, 4.69) is 5.32 Å². The maximum atomic E-state index is 11.6. The molecule has 1 aromatic heterocycles.